The third-order valence-electron chi connectivity index (χ3n) is 6.19. The maximum absolute atomic E-state index is 13.9. The van der Waals surface area contributed by atoms with Crippen molar-refractivity contribution in [2.45, 2.75) is 77.0 Å². The summed E-state index contributed by atoms with van der Waals surface area (Å²) in [6, 6.07) is 14.7. The normalized spacial score (nSPS) is 18.6. The number of carbonyl (C=O) groups excluding carboxylic acids is 2. The Morgan fingerprint density at radius 3 is 2.42 bits per heavy atom. The first-order valence-corrected chi connectivity index (χ1v) is 14.5. The van der Waals surface area contributed by atoms with Crippen LogP contribution in [0.25, 0.3) is 0 Å². The number of amides is 1. The van der Waals surface area contributed by atoms with Gasteiger partial charge in [-0.3, -0.25) is 15.0 Å². The number of hydrazine groups is 1. The Labute approximate surface area is 244 Å². The topological polar surface area (TPSA) is 118 Å². The number of aliphatic imine (C=N–C) groups is 1. The molecule has 0 bridgehead atoms. The maximum atomic E-state index is 13.9. The van der Waals surface area contributed by atoms with Gasteiger partial charge in [0.05, 0.1) is 6.61 Å². The van der Waals surface area contributed by atoms with Crippen LogP contribution < -0.4 is 15.6 Å². The average Bonchev–Trinajstić information content (AvgIpc) is 3.31. The molecule has 40 heavy (non-hydrogen) atoms. The molecule has 2 aromatic rings. The quantitative estimate of drug-likeness (QED) is 0.155. The first-order chi connectivity index (χ1) is 19.1. The minimum absolute atomic E-state index is 0.0234. The zero-order valence-corrected chi connectivity index (χ0v) is 25.3. The monoisotopic (exact) mass is 617 g/mol. The van der Waals surface area contributed by atoms with E-state index in [9.17, 15) is 9.59 Å². The molecule has 1 aliphatic heterocycles. The van der Waals surface area contributed by atoms with Gasteiger partial charge in [0.15, 0.2) is 11.6 Å². The van der Waals surface area contributed by atoms with Crippen LogP contribution in [0, 0.1) is 0 Å². The summed E-state index contributed by atoms with van der Waals surface area (Å²) in [7, 11) is 0. The number of aliphatic hydroxyl groups excluding tert-OH is 1. The summed E-state index contributed by atoms with van der Waals surface area (Å²) < 4.78 is 18.5. The van der Waals surface area contributed by atoms with Crippen molar-refractivity contribution in [2.75, 3.05) is 19.8 Å². The third kappa shape index (κ3) is 8.78. The van der Waals surface area contributed by atoms with Crippen LogP contribution in [-0.4, -0.2) is 53.8 Å². The van der Waals surface area contributed by atoms with Gasteiger partial charge in [0.2, 0.25) is 5.90 Å². The van der Waals surface area contributed by atoms with Gasteiger partial charge in [-0.2, -0.15) is 0 Å². The van der Waals surface area contributed by atoms with Crippen LogP contribution in [0.3, 0.4) is 0 Å². The molecular formula is C30H40BrN3O6. The van der Waals surface area contributed by atoms with E-state index in [-0.39, 0.29) is 25.4 Å². The second-order valence-corrected chi connectivity index (χ2v) is 11.6. The summed E-state index contributed by atoms with van der Waals surface area (Å²) in [5, 5.41) is 8.99. The minimum Gasteiger partial charge on any atom is -0.494 e. The lowest BCUT2D eigenvalue weighted by molar-refractivity contribution is -0.155. The molecule has 1 amide bonds. The predicted octanol–water partition coefficient (Wildman–Crippen LogP) is 5.01. The minimum atomic E-state index is -1.43. The molecule has 9 nitrogen and oxygen atoms in total. The zero-order chi connectivity index (χ0) is 29.2. The number of carbonyl (C=O) groups is 2. The number of rotatable bonds is 14. The van der Waals surface area contributed by atoms with Crippen molar-refractivity contribution in [2.24, 2.45) is 4.99 Å². The highest BCUT2D eigenvalue weighted by molar-refractivity contribution is 9.10. The Morgan fingerprint density at radius 2 is 1.80 bits per heavy atom. The number of halogens is 1. The van der Waals surface area contributed by atoms with Crippen LogP contribution in [0.15, 0.2) is 58.0 Å². The molecule has 2 aromatic carbocycles. The third-order valence-corrected chi connectivity index (χ3v) is 6.72. The molecule has 0 saturated carbocycles. The lowest BCUT2D eigenvalue weighted by atomic mass is 9.83. The Balaban J connectivity index is 1.99. The van der Waals surface area contributed by atoms with Gasteiger partial charge >= 0.3 is 5.97 Å². The summed E-state index contributed by atoms with van der Waals surface area (Å²) in [6.45, 7) is 8.55. The van der Waals surface area contributed by atoms with Crippen molar-refractivity contribution in [1.82, 2.24) is 10.9 Å². The fourth-order valence-corrected chi connectivity index (χ4v) is 4.47. The van der Waals surface area contributed by atoms with Gasteiger partial charge in [-0.25, -0.2) is 10.4 Å². The molecule has 0 radical (unpaired) electrons. The number of benzene rings is 2. The first kappa shape index (κ1) is 31.6. The van der Waals surface area contributed by atoms with Crippen molar-refractivity contribution < 1.29 is 28.9 Å². The summed E-state index contributed by atoms with van der Waals surface area (Å²) in [4.78, 5) is 31.6. The van der Waals surface area contributed by atoms with Crippen molar-refractivity contribution in [1.29, 1.82) is 0 Å². The number of aliphatic hydroxyl groups is 1. The summed E-state index contributed by atoms with van der Waals surface area (Å²) in [6.07, 6.45) is 1.67. The Morgan fingerprint density at radius 1 is 1.10 bits per heavy atom. The van der Waals surface area contributed by atoms with Crippen LogP contribution >= 0.6 is 15.9 Å². The van der Waals surface area contributed by atoms with Crippen molar-refractivity contribution in [3.63, 3.8) is 0 Å². The molecule has 10 heteroatoms. The van der Waals surface area contributed by atoms with Gasteiger partial charge in [0.25, 0.3) is 5.91 Å². The standard InChI is InChI=1S/C30H40BrN3O6/c1-5-6-18-32-34-28(37)30(17-16-25(36)40-29(2,3)4)26(21-8-12-23(31)13-9-21)39-27(33-30)22-10-14-24(15-11-22)38-20-7-19-35/h8-15,26,32,35H,5-7,16-20H2,1-4H3,(H,34,37)/t26-,30-/m0/s1. The van der Waals surface area contributed by atoms with E-state index in [1.54, 1.807) is 12.1 Å². The molecule has 1 aliphatic rings. The molecule has 3 rings (SSSR count). The number of hydrogen-bond acceptors (Lipinski definition) is 8. The average molecular weight is 619 g/mol. The summed E-state index contributed by atoms with van der Waals surface area (Å²) in [5.41, 5.74) is 5.15. The van der Waals surface area contributed by atoms with E-state index in [1.165, 1.54) is 0 Å². The molecule has 0 fully saturated rings. The van der Waals surface area contributed by atoms with Crippen LogP contribution in [0.2, 0.25) is 0 Å². The Bertz CT molecular complexity index is 1150. The molecule has 218 valence electrons. The van der Waals surface area contributed by atoms with Gasteiger partial charge in [-0.05, 0) is 75.6 Å². The number of nitrogens with zero attached hydrogens (tertiary/aromatic N) is 1. The highest BCUT2D eigenvalue weighted by Gasteiger charge is 2.53. The van der Waals surface area contributed by atoms with Crippen LogP contribution in [0.4, 0.5) is 0 Å². The van der Waals surface area contributed by atoms with E-state index < -0.39 is 23.2 Å². The van der Waals surface area contributed by atoms with Gasteiger partial charge in [-0.15, -0.1) is 0 Å². The number of ether oxygens (including phenoxy) is 3. The second kappa shape index (κ2) is 14.6. The molecule has 0 saturated heterocycles. The molecule has 3 N–H and O–H groups in total. The van der Waals surface area contributed by atoms with Gasteiger partial charge in [0.1, 0.15) is 11.4 Å². The molecular weight excluding hydrogens is 578 g/mol. The maximum Gasteiger partial charge on any atom is 0.306 e. The van der Waals surface area contributed by atoms with E-state index in [0.717, 1.165) is 22.9 Å². The van der Waals surface area contributed by atoms with Crippen LogP contribution in [0.5, 0.6) is 5.75 Å². The molecule has 2 atom stereocenters. The zero-order valence-electron chi connectivity index (χ0n) is 23.7. The largest absolute Gasteiger partial charge is 0.494 e. The smallest absolute Gasteiger partial charge is 0.306 e. The van der Waals surface area contributed by atoms with Gasteiger partial charge in [0, 0.05) is 36.0 Å². The van der Waals surface area contributed by atoms with Gasteiger partial charge in [-0.1, -0.05) is 41.4 Å². The fraction of sp³-hybridized carbons (Fsp3) is 0.500. The van der Waals surface area contributed by atoms with E-state index in [0.29, 0.717) is 36.8 Å². The van der Waals surface area contributed by atoms with Gasteiger partial charge < -0.3 is 19.3 Å². The van der Waals surface area contributed by atoms with Crippen LogP contribution in [0.1, 0.15) is 77.0 Å². The van der Waals surface area contributed by atoms with E-state index in [4.69, 9.17) is 24.3 Å². The summed E-state index contributed by atoms with van der Waals surface area (Å²) >= 11 is 3.47. The number of unbranched alkanes of at least 4 members (excludes halogenated alkanes) is 1. The number of hydrogen-bond donors (Lipinski definition) is 3. The van der Waals surface area contributed by atoms with Crippen LogP contribution in [-0.2, 0) is 19.1 Å². The highest BCUT2D eigenvalue weighted by Crippen LogP contribution is 2.43. The molecule has 0 spiro atoms. The highest BCUT2D eigenvalue weighted by atomic mass is 79.9. The lowest BCUT2D eigenvalue weighted by Gasteiger charge is -2.31. The predicted molar refractivity (Wildman–Crippen MR) is 157 cm³/mol. The first-order valence-electron chi connectivity index (χ1n) is 13.7. The molecule has 0 unspecified atom stereocenters. The van der Waals surface area contributed by atoms with Crippen molar-refractivity contribution in [3.8, 4) is 5.75 Å². The lowest BCUT2D eigenvalue weighted by Crippen LogP contribution is -2.53. The van der Waals surface area contributed by atoms with E-state index in [1.807, 2.05) is 57.2 Å². The Kier molecular flexibility index (Phi) is 11.5. The van der Waals surface area contributed by atoms with Crippen molar-refractivity contribution in [3.05, 3.63) is 64.1 Å². The SMILES string of the molecule is CCCCNNC(=O)[C@@]1(CCC(=O)OC(C)(C)C)N=C(c2ccc(OCCCO)cc2)O[C@H]1c1ccc(Br)cc1. The number of nitrogens with one attached hydrogen (secondary N) is 2. The number of esters is 1. The second-order valence-electron chi connectivity index (χ2n) is 10.7. The van der Waals surface area contributed by atoms with E-state index >= 15 is 0 Å². The van der Waals surface area contributed by atoms with E-state index in [2.05, 4.69) is 33.7 Å². The summed E-state index contributed by atoms with van der Waals surface area (Å²) in [5.74, 6) is 0.136. The molecule has 0 aromatic heterocycles. The Hall–Kier alpha value is -2.95. The van der Waals surface area contributed by atoms with Crippen molar-refractivity contribution >= 4 is 33.7 Å². The molecule has 0 aliphatic carbocycles. The molecule has 1 heterocycles. The fourth-order valence-electron chi connectivity index (χ4n) is 4.21.